The van der Waals surface area contributed by atoms with E-state index in [9.17, 15) is 19.5 Å². The van der Waals surface area contributed by atoms with E-state index in [-0.39, 0.29) is 37.4 Å². The molecule has 2 saturated heterocycles. The maximum Gasteiger partial charge on any atom is 0.253 e. The molecule has 0 aliphatic carbocycles. The number of likely N-dealkylation sites (N-methyl/N-ethyl adjacent to an activating group) is 1. The molecule has 5 atom stereocenters. The maximum atomic E-state index is 14.1. The second kappa shape index (κ2) is 8.22. The molecule has 0 radical (unpaired) electrons. The molecule has 9 heteroatoms. The number of carbonyl (C=O) groups excluding carboxylic acids is 3. The van der Waals surface area contributed by atoms with E-state index in [1.54, 1.807) is 47.2 Å². The minimum atomic E-state index is -1.32. The molecule has 3 amide bonds. The zero-order chi connectivity index (χ0) is 24.3. The van der Waals surface area contributed by atoms with Crippen LogP contribution in [0.5, 0.6) is 0 Å². The van der Waals surface area contributed by atoms with Gasteiger partial charge < -0.3 is 24.5 Å². The number of β-amino-alcohol motifs (C(OH)–C–C–N with tert-alkyl or cyclic N) is 1. The third-order valence-electron chi connectivity index (χ3n) is 7.62. The molecular weight excluding hydrogens is 458 g/mol. The van der Waals surface area contributed by atoms with Crippen LogP contribution in [-0.4, -0.2) is 83.2 Å². The number of nitrogens with zero attached hydrogens (tertiary/aromatic N) is 3. The zero-order valence-corrected chi connectivity index (χ0v) is 19.9. The van der Waals surface area contributed by atoms with Crippen molar-refractivity contribution in [2.75, 3.05) is 38.2 Å². The van der Waals surface area contributed by atoms with Crippen molar-refractivity contribution in [3.63, 3.8) is 0 Å². The van der Waals surface area contributed by atoms with Gasteiger partial charge >= 0.3 is 0 Å². The van der Waals surface area contributed by atoms with E-state index < -0.39 is 29.1 Å². The molecule has 1 spiro atoms. The molecule has 1 aromatic carbocycles. The molecule has 1 aromatic rings. The van der Waals surface area contributed by atoms with Crippen molar-refractivity contribution in [3.05, 3.63) is 53.6 Å². The summed E-state index contributed by atoms with van der Waals surface area (Å²) in [6, 6.07) is 5.92. The highest BCUT2D eigenvalue weighted by molar-refractivity contribution is 6.30. The normalized spacial score (nSPS) is 34.8. The molecule has 180 valence electrons. The van der Waals surface area contributed by atoms with Crippen LogP contribution in [0.15, 0.2) is 48.6 Å². The molecule has 1 N–H and O–H groups in total. The Balaban J connectivity index is 1.66. The van der Waals surface area contributed by atoms with Crippen molar-refractivity contribution in [2.45, 2.75) is 30.6 Å². The highest BCUT2D eigenvalue weighted by Gasteiger charge is 2.75. The Hall–Kier alpha value is -2.68. The minimum absolute atomic E-state index is 0.0230. The van der Waals surface area contributed by atoms with Gasteiger partial charge in [-0.15, -0.1) is 0 Å². The summed E-state index contributed by atoms with van der Waals surface area (Å²) < 4.78 is 6.78. The van der Waals surface area contributed by atoms with Gasteiger partial charge in [0.1, 0.15) is 11.6 Å². The van der Waals surface area contributed by atoms with Gasteiger partial charge in [-0.2, -0.15) is 0 Å². The molecule has 4 aliphatic rings. The van der Waals surface area contributed by atoms with Crippen LogP contribution in [0.2, 0.25) is 5.02 Å². The van der Waals surface area contributed by atoms with Gasteiger partial charge in [0.2, 0.25) is 11.8 Å². The van der Waals surface area contributed by atoms with Gasteiger partial charge in [-0.05, 0) is 30.7 Å². The average Bonchev–Trinajstić information content (AvgIpc) is 3.11. The predicted molar refractivity (Wildman–Crippen MR) is 126 cm³/mol. The molecule has 4 aliphatic heterocycles. The molecule has 4 heterocycles. The van der Waals surface area contributed by atoms with Crippen molar-refractivity contribution in [1.29, 1.82) is 0 Å². The van der Waals surface area contributed by atoms with Gasteiger partial charge in [0.05, 0.1) is 24.0 Å². The van der Waals surface area contributed by atoms with E-state index in [2.05, 4.69) is 0 Å². The fourth-order valence-electron chi connectivity index (χ4n) is 6.08. The molecule has 5 rings (SSSR count). The lowest BCUT2D eigenvalue weighted by Gasteiger charge is -2.38. The number of carbonyl (C=O) groups is 3. The highest BCUT2D eigenvalue weighted by Crippen LogP contribution is 2.58. The summed E-state index contributed by atoms with van der Waals surface area (Å²) in [6.45, 7) is 2.31. The van der Waals surface area contributed by atoms with E-state index >= 15 is 0 Å². The first-order valence-corrected chi connectivity index (χ1v) is 12.0. The van der Waals surface area contributed by atoms with Crippen LogP contribution in [0.4, 0.5) is 5.69 Å². The van der Waals surface area contributed by atoms with Crippen LogP contribution in [0.3, 0.4) is 0 Å². The second-order valence-corrected chi connectivity index (χ2v) is 9.76. The summed E-state index contributed by atoms with van der Waals surface area (Å²) in [7, 11) is 1.71. The first-order chi connectivity index (χ1) is 16.3. The van der Waals surface area contributed by atoms with E-state index in [1.807, 2.05) is 25.2 Å². The van der Waals surface area contributed by atoms with Crippen molar-refractivity contribution >= 4 is 35.0 Å². The van der Waals surface area contributed by atoms with Crippen LogP contribution in [-0.2, 0) is 19.1 Å². The van der Waals surface area contributed by atoms with Gasteiger partial charge in [0.25, 0.3) is 5.91 Å². The summed E-state index contributed by atoms with van der Waals surface area (Å²) >= 11 is 6.04. The largest absolute Gasteiger partial charge is 0.395 e. The number of aliphatic hydroxyl groups is 1. The minimum Gasteiger partial charge on any atom is -0.395 e. The molecule has 8 nitrogen and oxygen atoms in total. The van der Waals surface area contributed by atoms with Crippen LogP contribution in [0.25, 0.3) is 0 Å². The van der Waals surface area contributed by atoms with Crippen LogP contribution >= 0.6 is 11.6 Å². The van der Waals surface area contributed by atoms with E-state index in [4.69, 9.17) is 16.3 Å². The number of likely N-dealkylation sites (tertiary alicyclic amines) is 1. The van der Waals surface area contributed by atoms with Crippen molar-refractivity contribution < 1.29 is 24.2 Å². The van der Waals surface area contributed by atoms with Gasteiger partial charge in [-0.3, -0.25) is 14.4 Å². The van der Waals surface area contributed by atoms with Gasteiger partial charge in [-0.1, -0.05) is 42.8 Å². The van der Waals surface area contributed by atoms with Crippen LogP contribution in [0.1, 0.15) is 13.3 Å². The van der Waals surface area contributed by atoms with Crippen molar-refractivity contribution in [1.82, 2.24) is 9.80 Å². The van der Waals surface area contributed by atoms with E-state index in [0.29, 0.717) is 23.7 Å². The monoisotopic (exact) mass is 485 g/mol. The Morgan fingerprint density at radius 2 is 1.74 bits per heavy atom. The molecule has 2 fully saturated rings. The molecular formula is C25H28ClN3O5. The molecule has 34 heavy (non-hydrogen) atoms. The van der Waals surface area contributed by atoms with Crippen molar-refractivity contribution in [2.24, 2.45) is 11.8 Å². The predicted octanol–water partition coefficient (Wildman–Crippen LogP) is 1.62. The van der Waals surface area contributed by atoms with Gasteiger partial charge in [0, 0.05) is 37.4 Å². The number of amides is 3. The summed E-state index contributed by atoms with van der Waals surface area (Å²) in [5.41, 5.74) is -1.67. The number of hydrogen-bond acceptors (Lipinski definition) is 5. The lowest BCUT2D eigenvalue weighted by atomic mass is 9.73. The maximum absolute atomic E-state index is 14.1. The Morgan fingerprint density at radius 1 is 1.03 bits per heavy atom. The average molecular weight is 486 g/mol. The number of ether oxygens (including phenoxy) is 1. The topological polar surface area (TPSA) is 90.4 Å². The smallest absolute Gasteiger partial charge is 0.253 e. The third-order valence-corrected chi connectivity index (χ3v) is 7.87. The van der Waals surface area contributed by atoms with Gasteiger partial charge in [-0.25, -0.2) is 0 Å². The van der Waals surface area contributed by atoms with E-state index in [1.165, 1.54) is 4.90 Å². The van der Waals surface area contributed by atoms with Crippen LogP contribution < -0.4 is 4.90 Å². The number of benzene rings is 1. The lowest BCUT2D eigenvalue weighted by molar-refractivity contribution is -0.149. The summed E-state index contributed by atoms with van der Waals surface area (Å²) in [4.78, 5) is 46.1. The fraction of sp³-hybridized carbons (Fsp3) is 0.480. The number of halogens is 1. The summed E-state index contributed by atoms with van der Waals surface area (Å²) in [6.07, 6.45) is 7.91. The zero-order valence-electron chi connectivity index (χ0n) is 19.2. The molecule has 0 saturated carbocycles. The number of anilines is 1. The Labute approximate surface area is 203 Å². The highest BCUT2D eigenvalue weighted by atomic mass is 35.5. The van der Waals surface area contributed by atoms with Crippen molar-refractivity contribution in [3.8, 4) is 0 Å². The number of rotatable bonds is 4. The molecule has 0 aromatic heterocycles. The van der Waals surface area contributed by atoms with Crippen LogP contribution in [0, 0.1) is 11.8 Å². The first kappa shape index (κ1) is 23.1. The molecule has 1 unspecified atom stereocenters. The Morgan fingerprint density at radius 3 is 2.41 bits per heavy atom. The molecule has 0 bridgehead atoms. The summed E-state index contributed by atoms with van der Waals surface area (Å²) in [5.74, 6) is -2.46. The Bertz CT molecular complexity index is 1090. The second-order valence-electron chi connectivity index (χ2n) is 9.33. The number of fused-ring (bicyclic) bond motifs is 2. The standard InChI is InChI=1S/C25H28ClN3O5/c1-3-24-10-4-12-27(2)21(31)18(24)19-22(32)29(14-15-30)20-23(33)28(13-5-11-25(19,20)34-24)17-8-6-16(26)7-9-17/h4-11,18-20,30H,3,12-15H2,1-2H3/t18-,19+,20?,24+,25+/m1/s1. The summed E-state index contributed by atoms with van der Waals surface area (Å²) in [5, 5.41) is 10.3. The number of hydrogen-bond donors (Lipinski definition) is 1. The third kappa shape index (κ3) is 3.08. The lowest BCUT2D eigenvalue weighted by Crippen LogP contribution is -2.56. The fourth-order valence-corrected chi connectivity index (χ4v) is 6.21. The SMILES string of the molecule is CC[C@]12C=CCN(C)C(=O)[C@H]1[C@H]1C(=O)N(CCO)C3C(=O)N(c4ccc(Cl)cc4)CC=C[C@@]31O2. The first-order valence-electron chi connectivity index (χ1n) is 11.6. The quantitative estimate of drug-likeness (QED) is 0.655. The van der Waals surface area contributed by atoms with E-state index in [0.717, 1.165) is 0 Å². The van der Waals surface area contributed by atoms with Gasteiger partial charge in [0.15, 0.2) is 0 Å². The number of aliphatic hydroxyl groups excluding tert-OH is 1. The Kier molecular flexibility index (Phi) is 5.58.